The van der Waals surface area contributed by atoms with Crippen molar-refractivity contribution < 1.29 is 24.2 Å². The van der Waals surface area contributed by atoms with Crippen molar-refractivity contribution >= 4 is 29.5 Å². The van der Waals surface area contributed by atoms with Gasteiger partial charge in [0.05, 0.1) is 24.5 Å². The van der Waals surface area contributed by atoms with Crippen LogP contribution in [-0.4, -0.2) is 59.3 Å². The summed E-state index contributed by atoms with van der Waals surface area (Å²) >= 11 is 1.64. The molecule has 47 heavy (non-hydrogen) atoms. The SMILES string of the molecule is C=CCC[C@H](Cc1ccccc1)C(=O)OC[C@H](CSCc1ccccc1)NC(=O)[C@@H](CC=C)CC(=O)N(CCO)Cc1ccccc1. The van der Waals surface area contributed by atoms with Crippen LogP contribution in [0.1, 0.15) is 42.4 Å². The molecule has 0 aliphatic heterocycles. The molecule has 250 valence electrons. The summed E-state index contributed by atoms with van der Waals surface area (Å²) in [4.78, 5) is 42.0. The van der Waals surface area contributed by atoms with Gasteiger partial charge >= 0.3 is 5.97 Å². The van der Waals surface area contributed by atoms with E-state index in [4.69, 9.17) is 4.74 Å². The quantitative estimate of drug-likeness (QED) is 0.0964. The summed E-state index contributed by atoms with van der Waals surface area (Å²) in [6.07, 6.45) is 5.58. The maximum Gasteiger partial charge on any atom is 0.309 e. The minimum atomic E-state index is -0.660. The second-order valence-corrected chi connectivity index (χ2v) is 12.6. The zero-order chi connectivity index (χ0) is 33.7. The van der Waals surface area contributed by atoms with Crippen LogP contribution in [0.15, 0.2) is 116 Å². The zero-order valence-electron chi connectivity index (χ0n) is 27.2. The highest BCUT2D eigenvalue weighted by Crippen LogP contribution is 2.19. The van der Waals surface area contributed by atoms with Gasteiger partial charge in [-0.25, -0.2) is 0 Å². The Hall–Kier alpha value is -4.14. The third-order valence-electron chi connectivity index (χ3n) is 7.76. The number of ether oxygens (including phenoxy) is 1. The first-order valence-electron chi connectivity index (χ1n) is 16.2. The van der Waals surface area contributed by atoms with Crippen LogP contribution in [0, 0.1) is 11.8 Å². The van der Waals surface area contributed by atoms with Gasteiger partial charge in [-0.3, -0.25) is 14.4 Å². The van der Waals surface area contributed by atoms with Gasteiger partial charge < -0.3 is 20.1 Å². The molecule has 0 bridgehead atoms. The van der Waals surface area contributed by atoms with E-state index in [1.807, 2.05) is 91.0 Å². The summed E-state index contributed by atoms with van der Waals surface area (Å²) in [7, 11) is 0. The standard InChI is InChI=1S/C39H48N2O5S/c1-3-5-22-35(25-31-16-9-6-10-17-31)39(45)46-28-36(30-47-29-33-20-13-8-14-21-33)40-38(44)34(15-4-2)26-37(43)41(23-24-42)27-32-18-11-7-12-19-32/h3-4,6-14,16-21,34-36,42H,1-2,5,15,22-30H2,(H,40,44)/t34-,35+,36+/m0/s1. The third kappa shape index (κ3) is 14.0. The summed E-state index contributed by atoms with van der Waals surface area (Å²) in [6, 6.07) is 29.0. The fourth-order valence-electron chi connectivity index (χ4n) is 5.21. The second kappa shape index (κ2) is 21.6. The van der Waals surface area contributed by atoms with E-state index < -0.39 is 12.0 Å². The predicted molar refractivity (Wildman–Crippen MR) is 190 cm³/mol. The number of aliphatic hydroxyl groups is 1. The fraction of sp³-hybridized carbons (Fsp3) is 0.359. The molecule has 0 radical (unpaired) electrons. The largest absolute Gasteiger partial charge is 0.463 e. The average molecular weight is 657 g/mol. The van der Waals surface area contributed by atoms with Crippen molar-refractivity contribution in [2.75, 3.05) is 25.5 Å². The number of nitrogens with one attached hydrogen (secondary N) is 1. The number of benzene rings is 3. The lowest BCUT2D eigenvalue weighted by molar-refractivity contribution is -0.150. The van der Waals surface area contributed by atoms with E-state index in [0.717, 1.165) is 22.4 Å². The molecule has 0 heterocycles. The Labute approximate surface area is 284 Å². The van der Waals surface area contributed by atoms with Gasteiger partial charge in [-0.05, 0) is 42.4 Å². The summed E-state index contributed by atoms with van der Waals surface area (Å²) in [5.41, 5.74) is 3.15. The van der Waals surface area contributed by atoms with Crippen LogP contribution in [0.5, 0.6) is 0 Å². The lowest BCUT2D eigenvalue weighted by Gasteiger charge is -2.26. The van der Waals surface area contributed by atoms with Crippen molar-refractivity contribution in [1.29, 1.82) is 0 Å². The van der Waals surface area contributed by atoms with E-state index in [0.29, 0.717) is 38.0 Å². The minimum absolute atomic E-state index is 0.0190. The normalized spacial score (nSPS) is 12.7. The molecule has 0 fully saturated rings. The van der Waals surface area contributed by atoms with Gasteiger partial charge in [0.2, 0.25) is 11.8 Å². The highest BCUT2D eigenvalue weighted by atomic mass is 32.2. The first-order chi connectivity index (χ1) is 22.9. The molecular weight excluding hydrogens is 609 g/mol. The first kappa shape index (κ1) is 37.3. The Morgan fingerprint density at radius 2 is 1.47 bits per heavy atom. The van der Waals surface area contributed by atoms with E-state index in [1.165, 1.54) is 0 Å². The highest BCUT2D eigenvalue weighted by molar-refractivity contribution is 7.98. The number of esters is 1. The monoisotopic (exact) mass is 656 g/mol. The second-order valence-electron chi connectivity index (χ2n) is 11.5. The van der Waals surface area contributed by atoms with Crippen molar-refractivity contribution in [3.05, 3.63) is 133 Å². The maximum absolute atomic E-state index is 13.7. The molecule has 3 aromatic rings. The number of rotatable bonds is 22. The van der Waals surface area contributed by atoms with Crippen LogP contribution in [0.25, 0.3) is 0 Å². The average Bonchev–Trinajstić information content (AvgIpc) is 3.09. The number of hydrogen-bond acceptors (Lipinski definition) is 6. The summed E-state index contributed by atoms with van der Waals surface area (Å²) in [6.45, 7) is 7.97. The molecule has 0 saturated heterocycles. The Kier molecular flexibility index (Phi) is 17.2. The third-order valence-corrected chi connectivity index (χ3v) is 8.94. The van der Waals surface area contributed by atoms with Gasteiger partial charge in [0, 0.05) is 31.0 Å². The van der Waals surface area contributed by atoms with Crippen molar-refractivity contribution in [2.24, 2.45) is 11.8 Å². The molecular formula is C39H48N2O5S. The molecule has 0 aliphatic rings. The lowest BCUT2D eigenvalue weighted by atomic mass is 9.95. The van der Waals surface area contributed by atoms with Crippen molar-refractivity contribution in [2.45, 2.75) is 50.4 Å². The van der Waals surface area contributed by atoms with Gasteiger partial charge in [0.25, 0.3) is 0 Å². The Morgan fingerprint density at radius 3 is 2.06 bits per heavy atom. The summed E-state index contributed by atoms with van der Waals surface area (Å²) < 4.78 is 5.87. The molecule has 3 aromatic carbocycles. The molecule has 2 amide bonds. The molecule has 7 nitrogen and oxygen atoms in total. The molecule has 0 unspecified atom stereocenters. The summed E-state index contributed by atoms with van der Waals surface area (Å²) in [5, 5.41) is 12.7. The minimum Gasteiger partial charge on any atom is -0.463 e. The summed E-state index contributed by atoms with van der Waals surface area (Å²) in [5.74, 6) is -0.566. The van der Waals surface area contributed by atoms with E-state index in [-0.39, 0.29) is 49.9 Å². The first-order valence-corrected chi connectivity index (χ1v) is 17.4. The molecule has 2 N–H and O–H groups in total. The molecule has 0 aliphatic carbocycles. The molecule has 3 rings (SSSR count). The number of thioether (sulfide) groups is 1. The van der Waals surface area contributed by atoms with Crippen LogP contribution in [0.2, 0.25) is 0 Å². The van der Waals surface area contributed by atoms with E-state index in [1.54, 1.807) is 28.8 Å². The van der Waals surface area contributed by atoms with Gasteiger partial charge in [-0.1, -0.05) is 103 Å². The lowest BCUT2D eigenvalue weighted by Crippen LogP contribution is -2.45. The number of carbonyl (C=O) groups excluding carboxylic acids is 3. The Balaban J connectivity index is 1.69. The van der Waals surface area contributed by atoms with Gasteiger partial charge in [0.15, 0.2) is 0 Å². The topological polar surface area (TPSA) is 95.9 Å². The van der Waals surface area contributed by atoms with Gasteiger partial charge in [-0.2, -0.15) is 11.8 Å². The Bertz CT molecular complexity index is 1370. The molecule has 0 aromatic heterocycles. The highest BCUT2D eigenvalue weighted by Gasteiger charge is 2.27. The molecule has 3 atom stereocenters. The number of hydrogen-bond donors (Lipinski definition) is 2. The number of aliphatic hydroxyl groups excluding tert-OH is 1. The maximum atomic E-state index is 13.7. The van der Waals surface area contributed by atoms with Crippen molar-refractivity contribution in [1.82, 2.24) is 10.2 Å². The van der Waals surface area contributed by atoms with Gasteiger partial charge in [-0.15, -0.1) is 13.2 Å². The van der Waals surface area contributed by atoms with Crippen molar-refractivity contribution in [3.8, 4) is 0 Å². The zero-order valence-corrected chi connectivity index (χ0v) is 28.0. The van der Waals surface area contributed by atoms with Gasteiger partial charge in [0.1, 0.15) is 6.61 Å². The van der Waals surface area contributed by atoms with Crippen LogP contribution >= 0.6 is 11.8 Å². The van der Waals surface area contributed by atoms with Crippen LogP contribution in [-0.2, 0) is 37.8 Å². The van der Waals surface area contributed by atoms with Crippen LogP contribution in [0.4, 0.5) is 0 Å². The van der Waals surface area contributed by atoms with E-state index in [2.05, 4.69) is 18.5 Å². The van der Waals surface area contributed by atoms with E-state index >= 15 is 0 Å². The number of nitrogens with zero attached hydrogens (tertiary/aromatic N) is 1. The smallest absolute Gasteiger partial charge is 0.309 e. The number of carbonyl (C=O) groups is 3. The van der Waals surface area contributed by atoms with E-state index in [9.17, 15) is 19.5 Å². The predicted octanol–water partition coefficient (Wildman–Crippen LogP) is 6.38. The van der Waals surface area contributed by atoms with Crippen LogP contribution < -0.4 is 5.32 Å². The number of allylic oxidation sites excluding steroid dienone is 2. The Morgan fingerprint density at radius 1 is 0.851 bits per heavy atom. The molecule has 8 heteroatoms. The molecule has 0 spiro atoms. The van der Waals surface area contributed by atoms with Crippen LogP contribution in [0.3, 0.4) is 0 Å². The molecule has 0 saturated carbocycles. The number of amides is 2. The van der Waals surface area contributed by atoms with Crippen molar-refractivity contribution in [3.63, 3.8) is 0 Å². The fourth-order valence-corrected chi connectivity index (χ4v) is 6.22.